The predicted octanol–water partition coefficient (Wildman–Crippen LogP) is -2.91. The van der Waals surface area contributed by atoms with Crippen molar-refractivity contribution in [1.82, 2.24) is 4.90 Å². The number of amides is 2. The van der Waals surface area contributed by atoms with Crippen LogP contribution in [0.1, 0.15) is 29.6 Å². The number of aromatic nitrogens is 1. The molecule has 19 heavy (non-hydrogen) atoms. The molecule has 2 rings (SSSR count). The molecule has 0 spiro atoms. The van der Waals surface area contributed by atoms with Crippen molar-refractivity contribution in [3.63, 3.8) is 0 Å². The molecule has 104 valence electrons. The lowest BCUT2D eigenvalue weighted by atomic mass is 10.1. The largest absolute Gasteiger partial charge is 1.00 e. The third-order valence-corrected chi connectivity index (χ3v) is 3.17. The smallest absolute Gasteiger partial charge is 0.288 e. The van der Waals surface area contributed by atoms with Crippen molar-refractivity contribution in [3.8, 4) is 0 Å². The fourth-order valence-corrected chi connectivity index (χ4v) is 2.17. The average Bonchev–Trinajstić information content (AvgIpc) is 2.40. The fraction of sp³-hybridized carbons (Fsp3) is 0.462. The Labute approximate surface area is 118 Å². The number of hydrogen-bond donors (Lipinski definition) is 1. The van der Waals surface area contributed by atoms with Gasteiger partial charge in [0.15, 0.2) is 12.4 Å². The number of rotatable bonds is 3. The molecule has 0 atom stereocenters. The van der Waals surface area contributed by atoms with Gasteiger partial charge < -0.3 is 23.0 Å². The predicted molar refractivity (Wildman–Crippen MR) is 65.6 cm³/mol. The highest BCUT2D eigenvalue weighted by Gasteiger charge is 2.20. The van der Waals surface area contributed by atoms with Crippen molar-refractivity contribution < 1.29 is 26.6 Å². The topological polar surface area (TPSA) is 67.3 Å². The minimum absolute atomic E-state index is 0. The summed E-state index contributed by atoms with van der Waals surface area (Å²) in [5, 5.41) is 0. The van der Waals surface area contributed by atoms with Crippen LogP contribution in [-0.2, 0) is 11.3 Å². The lowest BCUT2D eigenvalue weighted by molar-refractivity contribution is -0.685. The first kappa shape index (κ1) is 15.4. The Balaban J connectivity index is 0.00000180. The number of carbonyl (C=O) groups is 2. The van der Waals surface area contributed by atoms with Crippen LogP contribution in [0.5, 0.6) is 0 Å². The molecule has 1 aliphatic rings. The van der Waals surface area contributed by atoms with Gasteiger partial charge in [-0.2, -0.15) is 4.57 Å². The molecule has 1 aromatic heterocycles. The SMILES string of the molecule is NC(=O)c1ccc[n+](CC(=O)N2CCCCC2)c1.[Cl-]. The average molecular weight is 284 g/mol. The Hall–Kier alpha value is -1.62. The van der Waals surface area contributed by atoms with Crippen LogP contribution in [-0.4, -0.2) is 29.8 Å². The summed E-state index contributed by atoms with van der Waals surface area (Å²) >= 11 is 0. The molecule has 0 radical (unpaired) electrons. The third-order valence-electron chi connectivity index (χ3n) is 3.17. The Morgan fingerprint density at radius 3 is 2.58 bits per heavy atom. The summed E-state index contributed by atoms with van der Waals surface area (Å²) in [5.41, 5.74) is 5.63. The number of nitrogens with zero attached hydrogens (tertiary/aromatic N) is 2. The van der Waals surface area contributed by atoms with Crippen molar-refractivity contribution in [1.29, 1.82) is 0 Å². The van der Waals surface area contributed by atoms with Gasteiger partial charge in [-0.05, 0) is 25.3 Å². The molecule has 1 fully saturated rings. The van der Waals surface area contributed by atoms with E-state index in [2.05, 4.69) is 0 Å². The number of halogens is 1. The molecule has 0 aromatic carbocycles. The quantitative estimate of drug-likeness (QED) is 0.605. The molecular weight excluding hydrogens is 266 g/mol. The van der Waals surface area contributed by atoms with E-state index in [0.717, 1.165) is 25.9 Å². The maximum atomic E-state index is 12.0. The molecule has 2 amide bonds. The van der Waals surface area contributed by atoms with Crippen LogP contribution >= 0.6 is 0 Å². The van der Waals surface area contributed by atoms with E-state index in [-0.39, 0.29) is 24.9 Å². The molecular formula is C13H18ClN3O2. The summed E-state index contributed by atoms with van der Waals surface area (Å²) < 4.78 is 1.71. The minimum atomic E-state index is -0.477. The van der Waals surface area contributed by atoms with Gasteiger partial charge in [-0.3, -0.25) is 9.59 Å². The minimum Gasteiger partial charge on any atom is -1.00 e. The van der Waals surface area contributed by atoms with Gasteiger partial charge in [0, 0.05) is 19.2 Å². The first-order chi connectivity index (χ1) is 8.66. The summed E-state index contributed by atoms with van der Waals surface area (Å²) in [6.07, 6.45) is 6.75. The van der Waals surface area contributed by atoms with E-state index in [9.17, 15) is 9.59 Å². The van der Waals surface area contributed by atoms with Crippen LogP contribution in [0, 0.1) is 0 Å². The third kappa shape index (κ3) is 4.21. The number of hydrogen-bond acceptors (Lipinski definition) is 2. The Morgan fingerprint density at radius 1 is 1.26 bits per heavy atom. The second-order valence-corrected chi connectivity index (χ2v) is 4.57. The second kappa shape index (κ2) is 7.09. The van der Waals surface area contributed by atoms with Crippen molar-refractivity contribution >= 4 is 11.8 Å². The van der Waals surface area contributed by atoms with Crippen molar-refractivity contribution in [2.75, 3.05) is 13.1 Å². The van der Waals surface area contributed by atoms with Crippen LogP contribution in [0.4, 0.5) is 0 Å². The number of likely N-dealkylation sites (tertiary alicyclic amines) is 1. The van der Waals surface area contributed by atoms with E-state index < -0.39 is 5.91 Å². The zero-order valence-electron chi connectivity index (χ0n) is 10.7. The molecule has 2 N–H and O–H groups in total. The molecule has 1 saturated heterocycles. The molecule has 0 aliphatic carbocycles. The zero-order valence-corrected chi connectivity index (χ0v) is 11.5. The van der Waals surface area contributed by atoms with Crippen molar-refractivity contribution in [2.45, 2.75) is 25.8 Å². The van der Waals surface area contributed by atoms with Gasteiger partial charge in [0.05, 0.1) is 0 Å². The van der Waals surface area contributed by atoms with Crippen LogP contribution in [0.2, 0.25) is 0 Å². The van der Waals surface area contributed by atoms with Crippen LogP contribution < -0.4 is 22.7 Å². The van der Waals surface area contributed by atoms with Gasteiger partial charge >= 0.3 is 0 Å². The molecule has 0 bridgehead atoms. The molecule has 1 aromatic rings. The van der Waals surface area contributed by atoms with E-state index in [1.165, 1.54) is 6.42 Å². The van der Waals surface area contributed by atoms with Gasteiger partial charge in [-0.1, -0.05) is 0 Å². The highest BCUT2D eigenvalue weighted by atomic mass is 35.5. The Bertz CT molecular complexity index is 459. The lowest BCUT2D eigenvalue weighted by Gasteiger charge is -2.25. The van der Waals surface area contributed by atoms with Crippen LogP contribution in [0.25, 0.3) is 0 Å². The maximum absolute atomic E-state index is 12.0. The first-order valence-electron chi connectivity index (χ1n) is 6.23. The zero-order chi connectivity index (χ0) is 13.0. The molecule has 0 unspecified atom stereocenters. The van der Waals surface area contributed by atoms with E-state index in [1.807, 2.05) is 4.90 Å². The van der Waals surface area contributed by atoms with E-state index in [0.29, 0.717) is 5.56 Å². The number of carbonyl (C=O) groups excluding carboxylic acids is 2. The first-order valence-corrected chi connectivity index (χ1v) is 6.23. The summed E-state index contributed by atoms with van der Waals surface area (Å²) in [6.45, 7) is 1.95. The van der Waals surface area contributed by atoms with Gasteiger partial charge in [0.1, 0.15) is 5.56 Å². The van der Waals surface area contributed by atoms with Gasteiger partial charge in [-0.25, -0.2) is 0 Å². The number of nitrogens with two attached hydrogens (primary N) is 1. The monoisotopic (exact) mass is 283 g/mol. The summed E-state index contributed by atoms with van der Waals surface area (Å²) in [5.74, 6) is -0.379. The van der Waals surface area contributed by atoms with Gasteiger partial charge in [0.25, 0.3) is 11.8 Å². The highest BCUT2D eigenvalue weighted by Crippen LogP contribution is 2.08. The Kier molecular flexibility index (Phi) is 5.76. The van der Waals surface area contributed by atoms with Gasteiger partial charge in [-0.15, -0.1) is 0 Å². The molecule has 2 heterocycles. The van der Waals surface area contributed by atoms with E-state index >= 15 is 0 Å². The number of primary amides is 1. The van der Waals surface area contributed by atoms with E-state index in [4.69, 9.17) is 5.73 Å². The van der Waals surface area contributed by atoms with Gasteiger partial charge in [0.2, 0.25) is 6.54 Å². The lowest BCUT2D eigenvalue weighted by Crippen LogP contribution is -3.00. The molecule has 5 nitrogen and oxygen atoms in total. The fourth-order valence-electron chi connectivity index (χ4n) is 2.17. The highest BCUT2D eigenvalue weighted by molar-refractivity contribution is 5.92. The second-order valence-electron chi connectivity index (χ2n) is 4.57. The summed E-state index contributed by atoms with van der Waals surface area (Å²) in [6, 6.07) is 3.37. The normalized spacial score (nSPS) is 14.6. The maximum Gasteiger partial charge on any atom is 0.288 e. The number of piperidine rings is 1. The van der Waals surface area contributed by atoms with Crippen LogP contribution in [0.15, 0.2) is 24.5 Å². The van der Waals surface area contributed by atoms with Crippen molar-refractivity contribution in [3.05, 3.63) is 30.1 Å². The number of pyridine rings is 1. The Morgan fingerprint density at radius 2 is 1.95 bits per heavy atom. The molecule has 6 heteroatoms. The summed E-state index contributed by atoms with van der Waals surface area (Å²) in [4.78, 5) is 25.0. The standard InChI is InChI=1S/C13H17N3O2.ClH/c14-13(18)11-5-4-6-15(9-11)10-12(17)16-7-2-1-3-8-16;/h4-6,9H,1-3,7-8,10H2,(H-,14,18);1H. The van der Waals surface area contributed by atoms with E-state index in [1.54, 1.807) is 29.1 Å². The molecule has 1 aliphatic heterocycles. The van der Waals surface area contributed by atoms with Crippen LogP contribution in [0.3, 0.4) is 0 Å². The van der Waals surface area contributed by atoms with Crippen molar-refractivity contribution in [2.24, 2.45) is 5.73 Å². The molecule has 0 saturated carbocycles. The summed E-state index contributed by atoms with van der Waals surface area (Å²) in [7, 11) is 0.